The Balaban J connectivity index is 1.91. The second kappa shape index (κ2) is 4.58. The third kappa shape index (κ3) is 2.80. The Morgan fingerprint density at radius 2 is 1.94 bits per heavy atom. The lowest BCUT2D eigenvalue weighted by atomic mass is 9.82. The number of rotatable bonds is 2. The first-order valence-corrected chi connectivity index (χ1v) is 6.66. The van der Waals surface area contributed by atoms with Gasteiger partial charge in [0, 0.05) is 12.6 Å². The number of fused-ring (bicyclic) bond motifs is 3. The van der Waals surface area contributed by atoms with Crippen LogP contribution < -0.4 is 11.1 Å². The van der Waals surface area contributed by atoms with Crippen LogP contribution in [0, 0.1) is 11.3 Å². The summed E-state index contributed by atoms with van der Waals surface area (Å²) in [4.78, 5) is 14.5. The summed E-state index contributed by atoms with van der Waals surface area (Å²) in [6.07, 6.45) is 2.44. The molecule has 0 aromatic heterocycles. The summed E-state index contributed by atoms with van der Waals surface area (Å²) in [5.41, 5.74) is 5.82. The molecule has 1 amide bonds. The molecule has 3 N–H and O–H groups in total. The van der Waals surface area contributed by atoms with Crippen molar-refractivity contribution in [1.82, 2.24) is 10.2 Å². The molecule has 98 valence electrons. The van der Waals surface area contributed by atoms with E-state index < -0.39 is 6.04 Å². The minimum absolute atomic E-state index is 0.0104. The third-order valence-electron chi connectivity index (χ3n) is 4.20. The maximum absolute atomic E-state index is 12.1. The van der Waals surface area contributed by atoms with Gasteiger partial charge < -0.3 is 16.0 Å². The molecule has 2 bridgehead atoms. The second-order valence-corrected chi connectivity index (χ2v) is 6.60. The Morgan fingerprint density at radius 3 is 2.35 bits per heavy atom. The van der Waals surface area contributed by atoms with E-state index in [-0.39, 0.29) is 11.3 Å². The van der Waals surface area contributed by atoms with Crippen LogP contribution in [0.15, 0.2) is 0 Å². The largest absolute Gasteiger partial charge is 0.350 e. The first kappa shape index (κ1) is 12.8. The van der Waals surface area contributed by atoms with E-state index in [1.165, 1.54) is 25.9 Å². The fourth-order valence-electron chi connectivity index (χ4n) is 2.79. The van der Waals surface area contributed by atoms with Crippen molar-refractivity contribution in [2.75, 3.05) is 19.6 Å². The number of carbonyl (C=O) groups is 1. The van der Waals surface area contributed by atoms with Gasteiger partial charge in [-0.15, -0.1) is 0 Å². The van der Waals surface area contributed by atoms with E-state index >= 15 is 0 Å². The first-order chi connectivity index (χ1) is 7.88. The van der Waals surface area contributed by atoms with Crippen LogP contribution in [0.25, 0.3) is 0 Å². The molecule has 0 saturated carbocycles. The Bertz CT molecular complexity index is 290. The molecule has 0 aromatic carbocycles. The van der Waals surface area contributed by atoms with Crippen molar-refractivity contribution in [3.8, 4) is 0 Å². The molecule has 3 rings (SSSR count). The van der Waals surface area contributed by atoms with Gasteiger partial charge in [0.15, 0.2) is 0 Å². The number of nitrogens with zero attached hydrogens (tertiary/aromatic N) is 1. The van der Waals surface area contributed by atoms with Crippen LogP contribution >= 0.6 is 0 Å². The van der Waals surface area contributed by atoms with Gasteiger partial charge in [0.05, 0.1) is 6.04 Å². The lowest BCUT2D eigenvalue weighted by molar-refractivity contribution is -0.126. The highest BCUT2D eigenvalue weighted by Gasteiger charge is 2.37. The molecule has 3 aliphatic heterocycles. The topological polar surface area (TPSA) is 58.4 Å². The summed E-state index contributed by atoms with van der Waals surface area (Å²) in [6, 6.07) is -0.101. The standard InChI is InChI=1S/C13H25N3O/c1-13(2,3)11(14)12(17)15-10-8-16-6-4-9(10)5-7-16/h9-11H,4-8,14H2,1-3H3,(H,15,17)/t10?,11-/m0/s1. The normalized spacial score (nSPS) is 34.5. The number of hydrogen-bond donors (Lipinski definition) is 2. The quantitative estimate of drug-likeness (QED) is 0.741. The average Bonchev–Trinajstić information content (AvgIpc) is 2.28. The fraction of sp³-hybridized carbons (Fsp3) is 0.923. The average molecular weight is 239 g/mol. The zero-order valence-electron chi connectivity index (χ0n) is 11.2. The zero-order chi connectivity index (χ0) is 12.6. The van der Waals surface area contributed by atoms with Crippen LogP contribution in [0.4, 0.5) is 0 Å². The van der Waals surface area contributed by atoms with E-state index in [1.54, 1.807) is 0 Å². The molecule has 0 aromatic rings. The Labute approximate surface area is 104 Å². The van der Waals surface area contributed by atoms with E-state index in [1.807, 2.05) is 20.8 Å². The highest BCUT2D eigenvalue weighted by molar-refractivity contribution is 5.82. The monoisotopic (exact) mass is 239 g/mol. The molecule has 3 aliphatic rings. The van der Waals surface area contributed by atoms with Crippen LogP contribution in [0.1, 0.15) is 33.6 Å². The van der Waals surface area contributed by atoms with Gasteiger partial charge in [0.1, 0.15) is 0 Å². The van der Waals surface area contributed by atoms with Crippen molar-refractivity contribution < 1.29 is 4.79 Å². The second-order valence-electron chi connectivity index (χ2n) is 6.60. The Morgan fingerprint density at radius 1 is 1.35 bits per heavy atom. The summed E-state index contributed by atoms with van der Waals surface area (Å²) >= 11 is 0. The summed E-state index contributed by atoms with van der Waals surface area (Å²) in [7, 11) is 0. The van der Waals surface area contributed by atoms with E-state index in [0.29, 0.717) is 12.0 Å². The minimum atomic E-state index is -0.419. The van der Waals surface area contributed by atoms with Crippen LogP contribution in [0.3, 0.4) is 0 Å². The van der Waals surface area contributed by atoms with Crippen LogP contribution in [-0.4, -0.2) is 42.5 Å². The van der Waals surface area contributed by atoms with Gasteiger partial charge in [-0.05, 0) is 37.3 Å². The molecule has 3 heterocycles. The van der Waals surface area contributed by atoms with E-state index in [2.05, 4.69) is 10.2 Å². The zero-order valence-corrected chi connectivity index (χ0v) is 11.2. The molecule has 0 spiro atoms. The molecule has 0 radical (unpaired) electrons. The fourth-order valence-corrected chi connectivity index (χ4v) is 2.79. The summed E-state index contributed by atoms with van der Waals surface area (Å²) in [5.74, 6) is 0.673. The van der Waals surface area contributed by atoms with Crippen LogP contribution in [0.5, 0.6) is 0 Å². The minimum Gasteiger partial charge on any atom is -0.350 e. The molecule has 4 heteroatoms. The van der Waals surface area contributed by atoms with E-state index in [4.69, 9.17) is 5.73 Å². The molecule has 4 nitrogen and oxygen atoms in total. The highest BCUT2D eigenvalue weighted by Crippen LogP contribution is 2.28. The summed E-state index contributed by atoms with van der Waals surface area (Å²) < 4.78 is 0. The number of amides is 1. The Hall–Kier alpha value is -0.610. The van der Waals surface area contributed by atoms with Gasteiger partial charge in [-0.25, -0.2) is 0 Å². The van der Waals surface area contributed by atoms with Gasteiger partial charge >= 0.3 is 0 Å². The van der Waals surface area contributed by atoms with Crippen molar-refractivity contribution in [3.05, 3.63) is 0 Å². The maximum atomic E-state index is 12.1. The van der Waals surface area contributed by atoms with Gasteiger partial charge in [-0.2, -0.15) is 0 Å². The van der Waals surface area contributed by atoms with Crippen molar-refractivity contribution in [3.63, 3.8) is 0 Å². The third-order valence-corrected chi connectivity index (χ3v) is 4.20. The number of hydrogen-bond acceptors (Lipinski definition) is 3. The van der Waals surface area contributed by atoms with Crippen molar-refractivity contribution in [1.29, 1.82) is 0 Å². The lowest BCUT2D eigenvalue weighted by Crippen LogP contribution is -2.60. The molecule has 17 heavy (non-hydrogen) atoms. The van der Waals surface area contributed by atoms with Gasteiger partial charge in [-0.1, -0.05) is 20.8 Å². The predicted octanol–water partition coefficient (Wildman–Crippen LogP) is 0.570. The molecular formula is C13H25N3O. The van der Waals surface area contributed by atoms with E-state index in [0.717, 1.165) is 6.54 Å². The number of carbonyl (C=O) groups excluding carboxylic acids is 1. The number of nitrogens with one attached hydrogen (secondary N) is 1. The number of piperidine rings is 3. The maximum Gasteiger partial charge on any atom is 0.237 e. The van der Waals surface area contributed by atoms with Gasteiger partial charge in [-0.3, -0.25) is 4.79 Å². The molecule has 3 saturated heterocycles. The van der Waals surface area contributed by atoms with Gasteiger partial charge in [0.25, 0.3) is 0 Å². The molecule has 0 aliphatic carbocycles. The van der Waals surface area contributed by atoms with Crippen LogP contribution in [0.2, 0.25) is 0 Å². The lowest BCUT2D eigenvalue weighted by Gasteiger charge is -2.45. The van der Waals surface area contributed by atoms with Crippen molar-refractivity contribution >= 4 is 5.91 Å². The van der Waals surface area contributed by atoms with E-state index in [9.17, 15) is 4.79 Å². The molecule has 1 unspecified atom stereocenters. The molecule has 2 atom stereocenters. The summed E-state index contributed by atoms with van der Waals surface area (Å²) in [6.45, 7) is 9.42. The van der Waals surface area contributed by atoms with Crippen LogP contribution in [-0.2, 0) is 4.79 Å². The van der Waals surface area contributed by atoms with Crippen molar-refractivity contribution in [2.24, 2.45) is 17.1 Å². The summed E-state index contributed by atoms with van der Waals surface area (Å²) in [5, 5.41) is 3.15. The van der Waals surface area contributed by atoms with Gasteiger partial charge in [0.2, 0.25) is 5.91 Å². The smallest absolute Gasteiger partial charge is 0.237 e. The highest BCUT2D eigenvalue weighted by atomic mass is 16.2. The predicted molar refractivity (Wildman–Crippen MR) is 68.5 cm³/mol. The Kier molecular flexibility index (Phi) is 3.46. The van der Waals surface area contributed by atoms with Crippen molar-refractivity contribution in [2.45, 2.75) is 45.7 Å². The first-order valence-electron chi connectivity index (χ1n) is 6.66. The number of nitrogens with two attached hydrogens (primary N) is 1. The SMILES string of the molecule is CC(C)(C)[C@@H](N)C(=O)NC1CN2CCC1CC2. The molecule has 3 fully saturated rings. The molecular weight excluding hydrogens is 214 g/mol.